The molecule has 2 heterocycles. The highest BCUT2D eigenvalue weighted by atomic mass is 35.5. The Kier molecular flexibility index (Phi) is 8.86. The van der Waals surface area contributed by atoms with Gasteiger partial charge >= 0.3 is 11.9 Å². The van der Waals surface area contributed by atoms with E-state index < -0.39 is 64.7 Å². The summed E-state index contributed by atoms with van der Waals surface area (Å²) in [5.41, 5.74) is -1.23. The molecule has 0 saturated carbocycles. The van der Waals surface area contributed by atoms with Crippen LogP contribution in [0.15, 0.2) is 27.9 Å². The smallest absolute Gasteiger partial charge is 0.358 e. The van der Waals surface area contributed by atoms with Crippen molar-refractivity contribution in [2.45, 2.75) is 32.2 Å². The van der Waals surface area contributed by atoms with E-state index in [0.29, 0.717) is 5.57 Å². The maximum absolute atomic E-state index is 12.8. The van der Waals surface area contributed by atoms with E-state index in [4.69, 9.17) is 25.8 Å². The molecule has 2 aliphatic rings. The Morgan fingerprint density at radius 2 is 1.97 bits per heavy atom. The quantitative estimate of drug-likeness (QED) is 0.0884. The molecule has 0 aromatic heterocycles. The van der Waals surface area contributed by atoms with Crippen molar-refractivity contribution in [2.24, 2.45) is 10.6 Å². The molecule has 1 unspecified atom stereocenters. The van der Waals surface area contributed by atoms with E-state index in [9.17, 15) is 29.2 Å². The zero-order valence-electron chi connectivity index (χ0n) is 18.4. The van der Waals surface area contributed by atoms with Crippen LogP contribution in [0.25, 0.3) is 0 Å². The van der Waals surface area contributed by atoms with Crippen LogP contribution >= 0.6 is 23.4 Å². The molecule has 182 valence electrons. The van der Waals surface area contributed by atoms with Gasteiger partial charge in [0.15, 0.2) is 0 Å². The highest BCUT2D eigenvalue weighted by molar-refractivity contribution is 8.00. The Bertz CT molecular complexity index is 913. The minimum Gasteiger partial charge on any atom is -0.508 e. The van der Waals surface area contributed by atoms with E-state index >= 15 is 0 Å². The van der Waals surface area contributed by atoms with Crippen molar-refractivity contribution in [3.05, 3.63) is 27.6 Å². The van der Waals surface area contributed by atoms with Gasteiger partial charge in [-0.25, -0.2) is 4.79 Å². The molecule has 2 N–H and O–H groups in total. The van der Waals surface area contributed by atoms with Gasteiger partial charge in [-0.3, -0.25) is 19.3 Å². The predicted molar refractivity (Wildman–Crippen MR) is 117 cm³/mol. The lowest BCUT2D eigenvalue weighted by molar-refractivity contribution is -0.173. The molecule has 1 saturated heterocycles. The molecule has 2 aliphatic heterocycles. The lowest BCUT2D eigenvalue weighted by Crippen LogP contribution is -2.70. The normalized spacial score (nSPS) is 20.9. The number of β-lactam (4-membered cyclic amide) rings is 1. The summed E-state index contributed by atoms with van der Waals surface area (Å²) in [4.78, 5) is 61.6. The predicted octanol–water partition coefficient (Wildman–Crippen LogP) is 1.15. The molecule has 2 atom stereocenters. The second-order valence-corrected chi connectivity index (χ2v) is 9.37. The molecular weight excluding hydrogens is 482 g/mol. The molecule has 0 aliphatic carbocycles. The van der Waals surface area contributed by atoms with Crippen molar-refractivity contribution in [1.29, 1.82) is 0 Å². The van der Waals surface area contributed by atoms with E-state index in [1.54, 1.807) is 20.8 Å². The molecule has 0 bridgehead atoms. The number of alkyl halides is 1. The summed E-state index contributed by atoms with van der Waals surface area (Å²) >= 11 is 6.66. The molecule has 14 heteroatoms. The number of nitrogens with one attached hydrogen (secondary N) is 1. The third-order valence-corrected chi connectivity index (χ3v) is 6.14. The number of fused-ring (bicyclic) bond motifs is 1. The summed E-state index contributed by atoms with van der Waals surface area (Å²) in [6, 6.07) is -1.09. The summed E-state index contributed by atoms with van der Waals surface area (Å²) in [6.45, 7) is 4.31. The van der Waals surface area contributed by atoms with Gasteiger partial charge in [-0.05, 0) is 31.5 Å². The zero-order chi connectivity index (χ0) is 24.9. The van der Waals surface area contributed by atoms with Gasteiger partial charge in [-0.2, -0.15) is 0 Å². The van der Waals surface area contributed by atoms with Crippen LogP contribution in [-0.2, 0) is 33.4 Å². The first-order chi connectivity index (χ1) is 15.5. The number of hydrogen-bond acceptors (Lipinski definition) is 11. The zero-order valence-corrected chi connectivity index (χ0v) is 19.9. The first-order valence-corrected chi connectivity index (χ1v) is 11.2. The number of amides is 2. The van der Waals surface area contributed by atoms with Crippen molar-refractivity contribution in [3.8, 4) is 0 Å². The van der Waals surface area contributed by atoms with Gasteiger partial charge in [-0.15, -0.1) is 28.3 Å². The van der Waals surface area contributed by atoms with Crippen molar-refractivity contribution in [3.63, 3.8) is 0 Å². The average Bonchev–Trinajstić information content (AvgIpc) is 2.76. The maximum Gasteiger partial charge on any atom is 0.358 e. The van der Waals surface area contributed by atoms with Crippen molar-refractivity contribution in [1.82, 2.24) is 10.2 Å². The number of aliphatic hydroxyl groups is 1. The van der Waals surface area contributed by atoms with Gasteiger partial charge in [-0.1, -0.05) is 0 Å². The molecule has 2 amide bonds. The SMILES string of the molecule is COCC1=C(C(=O)OCOC(=O)C(C)(C)C)N2C(=O)C(NC(=O)C(N=O)=C(O)CCl)[C@@H]2SC1. The molecule has 12 nitrogen and oxygen atoms in total. The van der Waals surface area contributed by atoms with Gasteiger partial charge < -0.3 is 24.6 Å². The highest BCUT2D eigenvalue weighted by Gasteiger charge is 2.54. The summed E-state index contributed by atoms with van der Waals surface area (Å²) in [5.74, 6) is -4.18. The van der Waals surface area contributed by atoms with E-state index in [1.807, 2.05) is 0 Å². The Balaban J connectivity index is 2.15. The molecule has 33 heavy (non-hydrogen) atoms. The summed E-state index contributed by atoms with van der Waals surface area (Å²) in [6.07, 6.45) is 0. The van der Waals surface area contributed by atoms with Crippen LogP contribution in [0.5, 0.6) is 0 Å². The van der Waals surface area contributed by atoms with Crippen molar-refractivity contribution in [2.75, 3.05) is 32.1 Å². The number of carbonyl (C=O) groups is 4. The van der Waals surface area contributed by atoms with Crippen LogP contribution in [0.3, 0.4) is 0 Å². The Morgan fingerprint density at radius 3 is 2.52 bits per heavy atom. The van der Waals surface area contributed by atoms with Crippen LogP contribution in [0.2, 0.25) is 0 Å². The Labute approximate surface area is 198 Å². The van der Waals surface area contributed by atoms with Gasteiger partial charge in [0.2, 0.25) is 12.5 Å². The third-order valence-electron chi connectivity index (χ3n) is 4.54. The van der Waals surface area contributed by atoms with Gasteiger partial charge in [0.25, 0.3) is 11.8 Å². The summed E-state index contributed by atoms with van der Waals surface area (Å²) in [5, 5.41) is 13.6. The number of methoxy groups -OCH3 is 1. The number of nitrogens with zero attached hydrogens (tertiary/aromatic N) is 2. The molecule has 1 fully saturated rings. The van der Waals surface area contributed by atoms with Crippen LogP contribution in [0.4, 0.5) is 0 Å². The monoisotopic (exact) mass is 505 g/mol. The molecule has 0 aromatic carbocycles. The van der Waals surface area contributed by atoms with Crippen molar-refractivity contribution >= 4 is 47.1 Å². The number of rotatable bonds is 9. The molecule has 2 rings (SSSR count). The number of esters is 2. The average molecular weight is 506 g/mol. The topological polar surface area (TPSA) is 161 Å². The number of hydrogen-bond donors (Lipinski definition) is 2. The molecule has 0 spiro atoms. The fourth-order valence-corrected chi connectivity index (χ4v) is 4.33. The van der Waals surface area contributed by atoms with E-state index in [1.165, 1.54) is 18.9 Å². The van der Waals surface area contributed by atoms with E-state index in [0.717, 1.165) is 4.90 Å². The number of aliphatic hydroxyl groups excluding tert-OH is 1. The first-order valence-electron chi connectivity index (χ1n) is 9.60. The lowest BCUT2D eigenvalue weighted by Gasteiger charge is -2.49. The number of ether oxygens (including phenoxy) is 3. The minimum absolute atomic E-state index is 0.0400. The summed E-state index contributed by atoms with van der Waals surface area (Å²) < 4.78 is 15.1. The Morgan fingerprint density at radius 1 is 1.30 bits per heavy atom. The van der Waals surface area contributed by atoms with Crippen LogP contribution in [-0.4, -0.2) is 77.3 Å². The fourth-order valence-electron chi connectivity index (χ4n) is 2.88. The molecule has 0 radical (unpaired) electrons. The number of halogens is 1. The van der Waals surface area contributed by atoms with Gasteiger partial charge in [0.1, 0.15) is 22.9 Å². The number of thioether (sulfide) groups is 1. The number of nitroso groups, excluding NO2 is 1. The van der Waals surface area contributed by atoms with Crippen molar-refractivity contribution < 1.29 is 38.5 Å². The van der Waals surface area contributed by atoms with Crippen LogP contribution < -0.4 is 5.32 Å². The highest BCUT2D eigenvalue weighted by Crippen LogP contribution is 2.40. The molecular formula is C19H24ClN3O9S. The Hall–Kier alpha value is -2.64. The summed E-state index contributed by atoms with van der Waals surface area (Å²) in [7, 11) is 1.42. The van der Waals surface area contributed by atoms with Gasteiger partial charge in [0.05, 0.1) is 17.9 Å². The van der Waals surface area contributed by atoms with Gasteiger partial charge in [0, 0.05) is 12.9 Å². The number of allylic oxidation sites excluding steroid dienone is 1. The van der Waals surface area contributed by atoms with E-state index in [-0.39, 0.29) is 18.1 Å². The largest absolute Gasteiger partial charge is 0.508 e. The van der Waals surface area contributed by atoms with Crippen LogP contribution in [0.1, 0.15) is 20.8 Å². The lowest BCUT2D eigenvalue weighted by atomic mass is 9.98. The second-order valence-electron chi connectivity index (χ2n) is 8.00. The van der Waals surface area contributed by atoms with Crippen LogP contribution in [0, 0.1) is 10.3 Å². The van der Waals surface area contributed by atoms with E-state index in [2.05, 4.69) is 10.5 Å². The third kappa shape index (κ3) is 5.84. The first kappa shape index (κ1) is 26.6. The standard InChI is InChI=1S/C19H24ClN3O9S/c1-19(2,3)18(28)32-8-31-17(27)13-9(6-30-4)7-33-16-12(15(26)23(13)16)21-14(25)11(22-29)10(24)5-20/h12,16,24H,5-8H2,1-4H3,(H,21,25)/t12?,16-/m0/s1. The molecule has 0 aromatic rings. The second kappa shape index (κ2) is 11.0. The fraction of sp³-hybridized carbons (Fsp3) is 0.579. The minimum atomic E-state index is -1.09. The number of carbonyl (C=O) groups excluding carboxylic acids is 4. The maximum atomic E-state index is 12.8.